The Balaban J connectivity index is 2.05. The number of ether oxygens (including phenoxy) is 1. The second-order valence-electron chi connectivity index (χ2n) is 4.50. The van der Waals surface area contributed by atoms with Gasteiger partial charge >= 0.3 is 0 Å². The molecule has 1 saturated heterocycles. The molecule has 0 bridgehead atoms. The Morgan fingerprint density at radius 2 is 2.25 bits per heavy atom. The summed E-state index contributed by atoms with van der Waals surface area (Å²) in [6, 6.07) is 0.00685. The first kappa shape index (κ1) is 12.2. The molecule has 0 saturated carbocycles. The molecule has 6 heteroatoms. The SMILES string of the molecule is C[C@H](O)[C@H]1O[C@@H]2SC(N(C)C)=N[C@@H]2C[C@@H]1O. The first-order valence-electron chi connectivity index (χ1n) is 5.42. The van der Waals surface area contributed by atoms with E-state index in [4.69, 9.17) is 4.74 Å². The normalized spacial score (nSPS) is 40.2. The van der Waals surface area contributed by atoms with Crippen molar-refractivity contribution in [3.8, 4) is 0 Å². The minimum Gasteiger partial charge on any atom is -0.391 e. The van der Waals surface area contributed by atoms with Crippen molar-refractivity contribution in [1.82, 2.24) is 4.90 Å². The molecule has 5 atom stereocenters. The number of fused-ring (bicyclic) bond motifs is 1. The first-order chi connectivity index (χ1) is 7.49. The van der Waals surface area contributed by atoms with Crippen molar-refractivity contribution in [3.05, 3.63) is 0 Å². The summed E-state index contributed by atoms with van der Waals surface area (Å²) < 4.78 is 5.69. The molecule has 0 aliphatic carbocycles. The predicted octanol–water partition coefficient (Wildman–Crippen LogP) is -0.124. The van der Waals surface area contributed by atoms with E-state index in [1.54, 1.807) is 18.7 Å². The molecule has 16 heavy (non-hydrogen) atoms. The van der Waals surface area contributed by atoms with Crippen LogP contribution in [0.4, 0.5) is 0 Å². The lowest BCUT2D eigenvalue weighted by atomic mass is 9.99. The van der Waals surface area contributed by atoms with Gasteiger partial charge in [-0.05, 0) is 6.92 Å². The fourth-order valence-electron chi connectivity index (χ4n) is 1.98. The van der Waals surface area contributed by atoms with Gasteiger partial charge in [0, 0.05) is 20.5 Å². The molecule has 0 aromatic rings. The standard InChI is InChI=1S/C10H18N2O3S/c1-5(13)8-7(14)4-6-9(15-8)16-10(11-6)12(2)3/h5-9,13-14H,4H2,1-3H3/t5-,6+,7-,8+,9+/m0/s1. The molecule has 5 nitrogen and oxygen atoms in total. The summed E-state index contributed by atoms with van der Waals surface area (Å²) in [5, 5.41) is 20.3. The topological polar surface area (TPSA) is 65.3 Å². The second kappa shape index (κ2) is 4.52. The van der Waals surface area contributed by atoms with Crippen LogP contribution in [-0.2, 0) is 4.74 Å². The Morgan fingerprint density at radius 3 is 2.81 bits per heavy atom. The predicted molar refractivity (Wildman–Crippen MR) is 63.5 cm³/mol. The van der Waals surface area contributed by atoms with Gasteiger partial charge in [-0.2, -0.15) is 0 Å². The summed E-state index contributed by atoms with van der Waals surface area (Å²) in [6.45, 7) is 1.64. The smallest absolute Gasteiger partial charge is 0.161 e. The lowest BCUT2D eigenvalue weighted by Crippen LogP contribution is -2.48. The first-order valence-corrected chi connectivity index (χ1v) is 6.30. The Bertz CT molecular complexity index is 296. The van der Waals surface area contributed by atoms with Crippen LogP contribution in [-0.4, -0.2) is 64.2 Å². The summed E-state index contributed by atoms with van der Waals surface area (Å²) in [5.74, 6) is 0. The van der Waals surface area contributed by atoms with Crippen LogP contribution in [0.25, 0.3) is 0 Å². The largest absolute Gasteiger partial charge is 0.391 e. The zero-order chi connectivity index (χ0) is 11.9. The number of thioether (sulfide) groups is 1. The van der Waals surface area contributed by atoms with Crippen molar-refractivity contribution < 1.29 is 14.9 Å². The second-order valence-corrected chi connectivity index (χ2v) is 5.57. The number of aliphatic hydroxyl groups excluding tert-OH is 2. The van der Waals surface area contributed by atoms with E-state index in [0.29, 0.717) is 6.42 Å². The highest BCUT2D eigenvalue weighted by molar-refractivity contribution is 8.14. The van der Waals surface area contributed by atoms with E-state index in [1.807, 2.05) is 19.0 Å². The van der Waals surface area contributed by atoms with Crippen LogP contribution in [0, 0.1) is 0 Å². The lowest BCUT2D eigenvalue weighted by molar-refractivity contribution is -0.136. The molecule has 0 aromatic heterocycles. The minimum absolute atomic E-state index is 0.00685. The van der Waals surface area contributed by atoms with Gasteiger partial charge in [-0.1, -0.05) is 11.8 Å². The molecule has 2 N–H and O–H groups in total. The molecule has 2 aliphatic rings. The fraction of sp³-hybridized carbons (Fsp3) is 0.900. The average molecular weight is 246 g/mol. The Morgan fingerprint density at radius 1 is 1.56 bits per heavy atom. The van der Waals surface area contributed by atoms with Crippen LogP contribution in [0.2, 0.25) is 0 Å². The number of hydrogen-bond donors (Lipinski definition) is 2. The van der Waals surface area contributed by atoms with E-state index in [0.717, 1.165) is 5.17 Å². The van der Waals surface area contributed by atoms with E-state index in [9.17, 15) is 10.2 Å². The van der Waals surface area contributed by atoms with Gasteiger partial charge in [0.25, 0.3) is 0 Å². The molecule has 0 radical (unpaired) electrons. The van der Waals surface area contributed by atoms with Crippen LogP contribution in [0.1, 0.15) is 13.3 Å². The number of hydrogen-bond acceptors (Lipinski definition) is 6. The molecule has 92 valence electrons. The van der Waals surface area contributed by atoms with Crippen molar-refractivity contribution in [3.63, 3.8) is 0 Å². The Kier molecular flexibility index (Phi) is 3.44. The Hall–Kier alpha value is -0.300. The number of amidine groups is 1. The minimum atomic E-state index is -0.653. The quantitative estimate of drug-likeness (QED) is 0.675. The zero-order valence-electron chi connectivity index (χ0n) is 9.70. The summed E-state index contributed by atoms with van der Waals surface area (Å²) in [6.07, 6.45) is -1.22. The highest BCUT2D eigenvalue weighted by atomic mass is 32.2. The maximum absolute atomic E-state index is 9.83. The molecule has 0 unspecified atom stereocenters. The van der Waals surface area contributed by atoms with Crippen molar-refractivity contribution in [2.45, 2.75) is 43.1 Å². The van der Waals surface area contributed by atoms with Crippen LogP contribution in [0.5, 0.6) is 0 Å². The molecular formula is C10H18N2O3S. The van der Waals surface area contributed by atoms with Crippen molar-refractivity contribution in [2.75, 3.05) is 14.1 Å². The maximum Gasteiger partial charge on any atom is 0.161 e. The van der Waals surface area contributed by atoms with Gasteiger partial charge in [0.1, 0.15) is 11.5 Å². The van der Waals surface area contributed by atoms with Gasteiger partial charge in [-0.3, -0.25) is 4.99 Å². The van der Waals surface area contributed by atoms with Gasteiger partial charge in [-0.25, -0.2) is 0 Å². The third-order valence-electron chi connectivity index (χ3n) is 2.82. The molecule has 2 aliphatic heterocycles. The van der Waals surface area contributed by atoms with Crippen molar-refractivity contribution in [1.29, 1.82) is 0 Å². The highest BCUT2D eigenvalue weighted by Crippen LogP contribution is 2.37. The van der Waals surface area contributed by atoms with Gasteiger partial charge in [0.2, 0.25) is 0 Å². The maximum atomic E-state index is 9.83. The lowest BCUT2D eigenvalue weighted by Gasteiger charge is -2.35. The van der Waals surface area contributed by atoms with E-state index < -0.39 is 18.3 Å². The summed E-state index contributed by atoms with van der Waals surface area (Å²) in [7, 11) is 3.87. The molecule has 1 fully saturated rings. The highest BCUT2D eigenvalue weighted by Gasteiger charge is 2.43. The molecule has 0 spiro atoms. The van der Waals surface area contributed by atoms with E-state index in [-0.39, 0.29) is 11.5 Å². The van der Waals surface area contributed by atoms with Crippen LogP contribution < -0.4 is 0 Å². The summed E-state index contributed by atoms with van der Waals surface area (Å²) in [4.78, 5) is 6.43. The monoisotopic (exact) mass is 246 g/mol. The number of rotatable bonds is 1. The van der Waals surface area contributed by atoms with Crippen LogP contribution in [0.15, 0.2) is 4.99 Å². The molecule has 0 amide bonds. The third kappa shape index (κ3) is 2.20. The summed E-state index contributed by atoms with van der Waals surface area (Å²) in [5.41, 5.74) is -0.0691. The number of aliphatic imine (C=N–C) groups is 1. The van der Waals surface area contributed by atoms with E-state index in [1.165, 1.54) is 0 Å². The van der Waals surface area contributed by atoms with Crippen molar-refractivity contribution >= 4 is 16.9 Å². The fourth-order valence-corrected chi connectivity index (χ4v) is 3.11. The molecule has 2 rings (SSSR count). The average Bonchev–Trinajstić information content (AvgIpc) is 2.58. The van der Waals surface area contributed by atoms with Gasteiger partial charge < -0.3 is 19.8 Å². The molecular weight excluding hydrogens is 228 g/mol. The van der Waals surface area contributed by atoms with Crippen molar-refractivity contribution in [2.24, 2.45) is 4.99 Å². The number of nitrogens with zero attached hydrogens (tertiary/aromatic N) is 2. The van der Waals surface area contributed by atoms with E-state index in [2.05, 4.69) is 4.99 Å². The van der Waals surface area contributed by atoms with Gasteiger partial charge in [0.05, 0.1) is 18.2 Å². The van der Waals surface area contributed by atoms with Gasteiger partial charge in [0.15, 0.2) is 5.17 Å². The number of aliphatic hydroxyl groups is 2. The van der Waals surface area contributed by atoms with Crippen LogP contribution in [0.3, 0.4) is 0 Å². The third-order valence-corrected chi connectivity index (χ3v) is 4.16. The molecule has 0 aromatic carbocycles. The Labute approximate surface area is 99.5 Å². The van der Waals surface area contributed by atoms with E-state index >= 15 is 0 Å². The summed E-state index contributed by atoms with van der Waals surface area (Å²) >= 11 is 1.56. The van der Waals surface area contributed by atoms with Gasteiger partial charge in [-0.15, -0.1) is 0 Å². The van der Waals surface area contributed by atoms with Crippen LogP contribution >= 0.6 is 11.8 Å². The zero-order valence-corrected chi connectivity index (χ0v) is 10.5. The molecule has 2 heterocycles.